The third kappa shape index (κ3) is 1.22. The second kappa shape index (κ2) is 3.13. The van der Waals surface area contributed by atoms with Crippen LogP contribution in [0.5, 0.6) is 0 Å². The summed E-state index contributed by atoms with van der Waals surface area (Å²) in [6.07, 6.45) is 1.38. The SMILES string of the molecule is CN(C)c1c(F)cc(S)c2ncnn12. The van der Waals surface area contributed by atoms with Crippen molar-refractivity contribution in [3.8, 4) is 0 Å². The van der Waals surface area contributed by atoms with Crippen LogP contribution in [0, 0.1) is 5.82 Å². The van der Waals surface area contributed by atoms with Gasteiger partial charge in [-0.25, -0.2) is 9.37 Å². The monoisotopic (exact) mass is 212 g/mol. The minimum absolute atomic E-state index is 0.363. The van der Waals surface area contributed by atoms with E-state index < -0.39 is 0 Å². The Morgan fingerprint density at radius 2 is 2.21 bits per heavy atom. The van der Waals surface area contributed by atoms with Crippen molar-refractivity contribution in [2.45, 2.75) is 4.90 Å². The second-order valence-corrected chi connectivity index (χ2v) is 3.57. The summed E-state index contributed by atoms with van der Waals surface area (Å²) < 4.78 is 15.0. The van der Waals surface area contributed by atoms with Gasteiger partial charge in [0, 0.05) is 14.1 Å². The van der Waals surface area contributed by atoms with Crippen molar-refractivity contribution in [3.63, 3.8) is 0 Å². The fraction of sp³-hybridized carbons (Fsp3) is 0.250. The Hall–Kier alpha value is -1.30. The van der Waals surface area contributed by atoms with Crippen LogP contribution in [-0.4, -0.2) is 28.7 Å². The molecule has 0 amide bonds. The van der Waals surface area contributed by atoms with E-state index >= 15 is 0 Å². The van der Waals surface area contributed by atoms with Crippen LogP contribution in [0.4, 0.5) is 10.2 Å². The van der Waals surface area contributed by atoms with Crippen LogP contribution < -0.4 is 4.90 Å². The zero-order valence-electron chi connectivity index (χ0n) is 7.77. The number of thiol groups is 1. The molecule has 2 aromatic rings. The zero-order chi connectivity index (χ0) is 10.3. The molecule has 0 unspecified atom stereocenters. The van der Waals surface area contributed by atoms with Gasteiger partial charge in [-0.3, -0.25) is 0 Å². The molecule has 0 bridgehead atoms. The summed E-state index contributed by atoms with van der Waals surface area (Å²) in [5.41, 5.74) is 0.554. The summed E-state index contributed by atoms with van der Waals surface area (Å²) in [4.78, 5) is 6.11. The Bertz CT molecular complexity index is 479. The van der Waals surface area contributed by atoms with Crippen molar-refractivity contribution in [1.82, 2.24) is 14.6 Å². The van der Waals surface area contributed by atoms with Gasteiger partial charge in [0.1, 0.15) is 6.33 Å². The van der Waals surface area contributed by atoms with Gasteiger partial charge in [-0.15, -0.1) is 12.6 Å². The molecule has 0 aliphatic carbocycles. The molecule has 0 N–H and O–H groups in total. The smallest absolute Gasteiger partial charge is 0.171 e. The lowest BCUT2D eigenvalue weighted by atomic mass is 10.4. The molecule has 0 aliphatic heterocycles. The fourth-order valence-corrected chi connectivity index (χ4v) is 1.59. The minimum atomic E-state index is -0.363. The predicted octanol–water partition coefficient (Wildman–Crippen LogP) is 1.22. The van der Waals surface area contributed by atoms with Gasteiger partial charge in [-0.1, -0.05) is 0 Å². The Morgan fingerprint density at radius 3 is 2.86 bits per heavy atom. The summed E-state index contributed by atoms with van der Waals surface area (Å²) >= 11 is 4.12. The Morgan fingerprint density at radius 1 is 1.50 bits per heavy atom. The highest BCUT2D eigenvalue weighted by molar-refractivity contribution is 7.80. The summed E-state index contributed by atoms with van der Waals surface area (Å²) in [6.45, 7) is 0. The molecule has 0 radical (unpaired) electrons. The number of hydrogen-bond donors (Lipinski definition) is 1. The average Bonchev–Trinajstić information content (AvgIpc) is 2.51. The molecule has 0 fully saturated rings. The summed E-state index contributed by atoms with van der Waals surface area (Å²) in [6, 6.07) is 1.34. The van der Waals surface area contributed by atoms with Gasteiger partial charge in [0.25, 0.3) is 0 Å². The summed E-state index contributed by atoms with van der Waals surface area (Å²) in [5, 5.41) is 3.94. The lowest BCUT2D eigenvalue weighted by Crippen LogP contribution is -2.16. The van der Waals surface area contributed by atoms with E-state index in [1.54, 1.807) is 19.0 Å². The third-order valence-electron chi connectivity index (χ3n) is 1.88. The molecule has 6 heteroatoms. The van der Waals surface area contributed by atoms with E-state index in [9.17, 15) is 4.39 Å². The molecule has 0 aliphatic rings. The first-order valence-corrected chi connectivity index (χ1v) is 4.44. The van der Waals surface area contributed by atoms with Crippen molar-refractivity contribution in [2.24, 2.45) is 0 Å². The lowest BCUT2D eigenvalue weighted by Gasteiger charge is -2.14. The van der Waals surface area contributed by atoms with Crippen molar-refractivity contribution < 1.29 is 4.39 Å². The topological polar surface area (TPSA) is 33.4 Å². The molecule has 0 spiro atoms. The average molecular weight is 212 g/mol. The van der Waals surface area contributed by atoms with Gasteiger partial charge >= 0.3 is 0 Å². The van der Waals surface area contributed by atoms with E-state index in [2.05, 4.69) is 22.7 Å². The predicted molar refractivity (Wildman–Crippen MR) is 54.5 cm³/mol. The molecule has 0 aromatic carbocycles. The van der Waals surface area contributed by atoms with Gasteiger partial charge in [0.05, 0.1) is 4.90 Å². The van der Waals surface area contributed by atoms with Gasteiger partial charge in [0.2, 0.25) is 0 Å². The van der Waals surface area contributed by atoms with Crippen LogP contribution in [0.25, 0.3) is 5.65 Å². The van der Waals surface area contributed by atoms with Crippen molar-refractivity contribution >= 4 is 24.1 Å². The van der Waals surface area contributed by atoms with Gasteiger partial charge in [0.15, 0.2) is 17.3 Å². The molecule has 0 atom stereocenters. The Balaban J connectivity index is 2.86. The van der Waals surface area contributed by atoms with Crippen LogP contribution in [-0.2, 0) is 0 Å². The van der Waals surface area contributed by atoms with Crippen LogP contribution in [0.2, 0.25) is 0 Å². The number of aromatic nitrogens is 3. The normalized spacial score (nSPS) is 10.9. The number of nitrogens with zero attached hydrogens (tertiary/aromatic N) is 4. The minimum Gasteiger partial charge on any atom is -0.360 e. The van der Waals surface area contributed by atoms with Crippen molar-refractivity contribution in [1.29, 1.82) is 0 Å². The molecule has 74 valence electrons. The van der Waals surface area contributed by atoms with E-state index in [-0.39, 0.29) is 5.82 Å². The number of halogens is 1. The highest BCUT2D eigenvalue weighted by Gasteiger charge is 2.13. The Kier molecular flexibility index (Phi) is 2.07. The number of fused-ring (bicyclic) bond motifs is 1. The number of pyridine rings is 1. The quantitative estimate of drug-likeness (QED) is 0.722. The number of hydrogen-bond acceptors (Lipinski definition) is 4. The van der Waals surface area contributed by atoms with Crippen molar-refractivity contribution in [2.75, 3.05) is 19.0 Å². The van der Waals surface area contributed by atoms with Crippen LogP contribution >= 0.6 is 12.6 Å². The number of anilines is 1. The summed E-state index contributed by atoms with van der Waals surface area (Å²) in [7, 11) is 3.50. The molecule has 4 nitrogen and oxygen atoms in total. The molecule has 0 saturated carbocycles. The first-order chi connectivity index (χ1) is 6.61. The second-order valence-electron chi connectivity index (χ2n) is 3.09. The molecule has 14 heavy (non-hydrogen) atoms. The molecular formula is C8H9FN4S. The van der Waals surface area contributed by atoms with E-state index in [1.807, 2.05) is 0 Å². The van der Waals surface area contributed by atoms with Gasteiger partial charge in [-0.05, 0) is 6.07 Å². The van der Waals surface area contributed by atoms with Crippen LogP contribution in [0.15, 0.2) is 17.3 Å². The fourth-order valence-electron chi connectivity index (χ4n) is 1.32. The molecule has 2 aromatic heterocycles. The highest BCUT2D eigenvalue weighted by Crippen LogP contribution is 2.23. The van der Waals surface area contributed by atoms with Crippen molar-refractivity contribution in [3.05, 3.63) is 18.2 Å². The first kappa shape index (κ1) is 9.26. The molecule has 2 rings (SSSR count). The molecular weight excluding hydrogens is 203 g/mol. The maximum Gasteiger partial charge on any atom is 0.171 e. The van der Waals surface area contributed by atoms with E-state index in [0.29, 0.717) is 16.4 Å². The summed E-state index contributed by atoms with van der Waals surface area (Å²) in [5.74, 6) is 0.00769. The lowest BCUT2D eigenvalue weighted by molar-refractivity contribution is 0.608. The van der Waals surface area contributed by atoms with Gasteiger partial charge < -0.3 is 4.90 Å². The molecule has 0 saturated heterocycles. The standard InChI is InChI=1S/C8H9FN4S/c1-12(2)8-5(9)3-6(14)7-10-4-11-13(7)8/h3-4,14H,1-2H3. The van der Waals surface area contributed by atoms with Crippen LogP contribution in [0.1, 0.15) is 0 Å². The number of rotatable bonds is 1. The third-order valence-corrected chi connectivity index (χ3v) is 2.21. The first-order valence-electron chi connectivity index (χ1n) is 4.00. The maximum absolute atomic E-state index is 13.5. The highest BCUT2D eigenvalue weighted by atomic mass is 32.1. The Labute approximate surface area is 85.8 Å². The van der Waals surface area contributed by atoms with Gasteiger partial charge in [-0.2, -0.15) is 9.61 Å². The van der Waals surface area contributed by atoms with Crippen LogP contribution in [0.3, 0.4) is 0 Å². The zero-order valence-corrected chi connectivity index (χ0v) is 8.66. The molecule has 2 heterocycles. The maximum atomic E-state index is 13.5. The van der Waals surface area contributed by atoms with E-state index in [0.717, 1.165) is 0 Å². The van der Waals surface area contributed by atoms with E-state index in [1.165, 1.54) is 16.9 Å². The largest absolute Gasteiger partial charge is 0.360 e. The van der Waals surface area contributed by atoms with E-state index in [4.69, 9.17) is 0 Å².